The van der Waals surface area contributed by atoms with Crippen molar-refractivity contribution < 1.29 is 0 Å². The van der Waals surface area contributed by atoms with Crippen LogP contribution >= 0.6 is 0 Å². The van der Waals surface area contributed by atoms with Crippen LogP contribution < -0.4 is 5.32 Å². The highest BCUT2D eigenvalue weighted by atomic mass is 15.1. The fourth-order valence-corrected chi connectivity index (χ4v) is 2.93. The molecule has 0 spiro atoms. The Balaban J connectivity index is 2.57. The second-order valence-corrected chi connectivity index (χ2v) is 6.29. The molecule has 1 N–H and O–H groups in total. The highest BCUT2D eigenvalue weighted by Crippen LogP contribution is 2.22. The smallest absolute Gasteiger partial charge is 0.0358 e. The minimum Gasteiger partial charge on any atom is -0.310 e. The molecule has 0 aliphatic heterocycles. The minimum atomic E-state index is 0.458. The van der Waals surface area contributed by atoms with Gasteiger partial charge in [-0.15, -0.1) is 0 Å². The molecule has 120 valence electrons. The van der Waals surface area contributed by atoms with Gasteiger partial charge in [0.1, 0.15) is 0 Å². The Kier molecular flexibility index (Phi) is 9.36. The highest BCUT2D eigenvalue weighted by Gasteiger charge is 2.19. The summed E-state index contributed by atoms with van der Waals surface area (Å²) in [6.07, 6.45) is 5.14. The lowest BCUT2D eigenvalue weighted by Gasteiger charge is -2.29. The normalized spacial score (nSPS) is 14.3. The maximum absolute atomic E-state index is 3.73. The van der Waals surface area contributed by atoms with E-state index in [9.17, 15) is 0 Å². The van der Waals surface area contributed by atoms with Crippen LogP contribution in [0.3, 0.4) is 0 Å². The highest BCUT2D eigenvalue weighted by molar-refractivity contribution is 5.19. The second-order valence-electron chi connectivity index (χ2n) is 6.29. The molecule has 2 heteroatoms. The standard InChI is InChI=1S/C19H34N2/c1-5-7-11-15-21(4)16-17(3)19(20-14-6-2)18-12-9-8-10-13-18/h8-10,12-13,17,19-20H,5-7,11,14-16H2,1-4H3. The monoisotopic (exact) mass is 290 g/mol. The molecule has 0 aliphatic rings. The van der Waals surface area contributed by atoms with Crippen molar-refractivity contribution in [3.63, 3.8) is 0 Å². The first-order valence-corrected chi connectivity index (χ1v) is 8.65. The Morgan fingerprint density at radius 1 is 1.05 bits per heavy atom. The van der Waals surface area contributed by atoms with Crippen molar-refractivity contribution in [2.75, 3.05) is 26.7 Å². The van der Waals surface area contributed by atoms with E-state index in [-0.39, 0.29) is 0 Å². The maximum Gasteiger partial charge on any atom is 0.0358 e. The fraction of sp³-hybridized carbons (Fsp3) is 0.684. The summed E-state index contributed by atoms with van der Waals surface area (Å²) in [6.45, 7) is 10.3. The Morgan fingerprint density at radius 2 is 1.76 bits per heavy atom. The van der Waals surface area contributed by atoms with E-state index in [0.29, 0.717) is 12.0 Å². The average molecular weight is 290 g/mol. The molecule has 0 radical (unpaired) electrons. The number of hydrogen-bond donors (Lipinski definition) is 1. The number of rotatable bonds is 11. The SMILES string of the molecule is CCCCCN(C)CC(C)C(NCCC)c1ccccc1. The van der Waals surface area contributed by atoms with Gasteiger partial charge in [0, 0.05) is 12.6 Å². The molecule has 2 atom stereocenters. The van der Waals surface area contributed by atoms with Crippen molar-refractivity contribution in [2.45, 2.75) is 52.5 Å². The summed E-state index contributed by atoms with van der Waals surface area (Å²) in [5.41, 5.74) is 1.42. The molecular weight excluding hydrogens is 256 g/mol. The molecule has 0 saturated heterocycles. The summed E-state index contributed by atoms with van der Waals surface area (Å²) >= 11 is 0. The van der Waals surface area contributed by atoms with E-state index in [0.717, 1.165) is 13.1 Å². The molecule has 21 heavy (non-hydrogen) atoms. The quantitative estimate of drug-likeness (QED) is 0.604. The second kappa shape index (κ2) is 10.8. The van der Waals surface area contributed by atoms with E-state index in [4.69, 9.17) is 0 Å². The van der Waals surface area contributed by atoms with Gasteiger partial charge in [-0.25, -0.2) is 0 Å². The van der Waals surface area contributed by atoms with Crippen molar-refractivity contribution >= 4 is 0 Å². The van der Waals surface area contributed by atoms with Gasteiger partial charge in [0.05, 0.1) is 0 Å². The molecule has 0 bridgehead atoms. The molecule has 0 amide bonds. The molecule has 1 rings (SSSR count). The zero-order valence-corrected chi connectivity index (χ0v) is 14.4. The van der Waals surface area contributed by atoms with Crippen molar-refractivity contribution in [3.8, 4) is 0 Å². The lowest BCUT2D eigenvalue weighted by molar-refractivity contribution is 0.243. The third kappa shape index (κ3) is 7.10. The van der Waals surface area contributed by atoms with Gasteiger partial charge in [0.15, 0.2) is 0 Å². The fourth-order valence-electron chi connectivity index (χ4n) is 2.93. The molecule has 0 aromatic heterocycles. The summed E-state index contributed by atoms with van der Waals surface area (Å²) < 4.78 is 0. The summed E-state index contributed by atoms with van der Waals surface area (Å²) in [5.74, 6) is 0.616. The zero-order chi connectivity index (χ0) is 15.5. The van der Waals surface area contributed by atoms with Gasteiger partial charge in [0.25, 0.3) is 0 Å². The van der Waals surface area contributed by atoms with Crippen LogP contribution in [-0.2, 0) is 0 Å². The van der Waals surface area contributed by atoms with Crippen molar-refractivity contribution in [2.24, 2.45) is 5.92 Å². The van der Waals surface area contributed by atoms with Gasteiger partial charge < -0.3 is 10.2 Å². The number of unbranched alkanes of at least 4 members (excludes halogenated alkanes) is 2. The van der Waals surface area contributed by atoms with Gasteiger partial charge >= 0.3 is 0 Å². The first-order chi connectivity index (χ1) is 10.2. The van der Waals surface area contributed by atoms with Crippen LogP contribution in [0, 0.1) is 5.92 Å². The molecule has 0 aliphatic carbocycles. The van der Waals surface area contributed by atoms with Crippen LogP contribution in [0.1, 0.15) is 58.1 Å². The molecule has 1 aromatic carbocycles. The van der Waals surface area contributed by atoms with Crippen LogP contribution in [0.25, 0.3) is 0 Å². The number of benzene rings is 1. The summed E-state index contributed by atoms with van der Waals surface area (Å²) in [4.78, 5) is 2.49. The average Bonchev–Trinajstić information content (AvgIpc) is 2.49. The Labute approximate surface area is 131 Å². The van der Waals surface area contributed by atoms with E-state index in [1.54, 1.807) is 0 Å². The van der Waals surface area contributed by atoms with Gasteiger partial charge in [-0.1, -0.05) is 63.9 Å². The number of nitrogens with zero attached hydrogens (tertiary/aromatic N) is 1. The minimum absolute atomic E-state index is 0.458. The lowest BCUT2D eigenvalue weighted by atomic mass is 9.93. The Bertz CT molecular complexity index is 350. The molecular formula is C19H34N2. The lowest BCUT2D eigenvalue weighted by Crippen LogP contribution is -2.35. The summed E-state index contributed by atoms with van der Waals surface area (Å²) in [6, 6.07) is 11.4. The molecule has 1 aromatic rings. The third-order valence-electron chi connectivity index (χ3n) is 4.09. The molecule has 2 unspecified atom stereocenters. The van der Waals surface area contributed by atoms with E-state index in [1.165, 1.54) is 37.8 Å². The van der Waals surface area contributed by atoms with Crippen molar-refractivity contribution in [1.29, 1.82) is 0 Å². The van der Waals surface area contributed by atoms with E-state index < -0.39 is 0 Å². The third-order valence-corrected chi connectivity index (χ3v) is 4.09. The molecule has 0 heterocycles. The first kappa shape index (κ1) is 18.2. The molecule has 0 fully saturated rings. The largest absolute Gasteiger partial charge is 0.310 e. The molecule has 2 nitrogen and oxygen atoms in total. The number of nitrogens with one attached hydrogen (secondary N) is 1. The van der Waals surface area contributed by atoms with E-state index in [1.807, 2.05) is 0 Å². The zero-order valence-electron chi connectivity index (χ0n) is 14.4. The van der Waals surface area contributed by atoms with Crippen LogP contribution in [-0.4, -0.2) is 31.6 Å². The van der Waals surface area contributed by atoms with Crippen LogP contribution in [0.2, 0.25) is 0 Å². The van der Waals surface area contributed by atoms with Crippen LogP contribution in [0.5, 0.6) is 0 Å². The summed E-state index contributed by atoms with van der Waals surface area (Å²) in [5, 5.41) is 3.73. The van der Waals surface area contributed by atoms with Crippen molar-refractivity contribution in [3.05, 3.63) is 35.9 Å². The van der Waals surface area contributed by atoms with Crippen LogP contribution in [0.15, 0.2) is 30.3 Å². The van der Waals surface area contributed by atoms with E-state index in [2.05, 4.69) is 68.4 Å². The maximum atomic E-state index is 3.73. The molecule has 0 saturated carbocycles. The predicted octanol–water partition coefficient (Wildman–Crippen LogP) is 4.49. The first-order valence-electron chi connectivity index (χ1n) is 8.65. The Morgan fingerprint density at radius 3 is 2.38 bits per heavy atom. The van der Waals surface area contributed by atoms with Gasteiger partial charge in [-0.05, 0) is 44.5 Å². The van der Waals surface area contributed by atoms with Gasteiger partial charge in [0.2, 0.25) is 0 Å². The van der Waals surface area contributed by atoms with E-state index >= 15 is 0 Å². The van der Waals surface area contributed by atoms with Gasteiger partial charge in [-0.2, -0.15) is 0 Å². The van der Waals surface area contributed by atoms with Gasteiger partial charge in [-0.3, -0.25) is 0 Å². The number of hydrogen-bond acceptors (Lipinski definition) is 2. The predicted molar refractivity (Wildman–Crippen MR) is 93.7 cm³/mol. The van der Waals surface area contributed by atoms with Crippen molar-refractivity contribution in [1.82, 2.24) is 10.2 Å². The van der Waals surface area contributed by atoms with Crippen LogP contribution in [0.4, 0.5) is 0 Å². The summed E-state index contributed by atoms with van der Waals surface area (Å²) in [7, 11) is 2.26. The Hall–Kier alpha value is -0.860. The topological polar surface area (TPSA) is 15.3 Å².